The zero-order valence-electron chi connectivity index (χ0n) is 8.60. The number of sulfonamides is 1. The summed E-state index contributed by atoms with van der Waals surface area (Å²) in [6.07, 6.45) is 0. The van der Waals surface area contributed by atoms with Crippen molar-refractivity contribution in [1.29, 1.82) is 0 Å². The van der Waals surface area contributed by atoms with E-state index in [0.717, 1.165) is 11.5 Å². The van der Waals surface area contributed by atoms with E-state index in [1.807, 2.05) is 0 Å². The van der Waals surface area contributed by atoms with Gasteiger partial charge < -0.3 is 0 Å². The average molecular weight is 278 g/mol. The fourth-order valence-electron chi connectivity index (χ4n) is 1.58. The maximum Gasteiger partial charge on any atom is 0.244 e. The Morgan fingerprint density at radius 1 is 1.19 bits per heavy atom. The second-order valence-electron chi connectivity index (χ2n) is 3.45. The van der Waals surface area contributed by atoms with Crippen LogP contribution in [0.4, 0.5) is 0 Å². The van der Waals surface area contributed by atoms with Gasteiger partial charge in [-0.3, -0.25) is 0 Å². The largest absolute Gasteiger partial charge is 0.244 e. The monoisotopic (exact) mass is 277 g/mol. The van der Waals surface area contributed by atoms with Gasteiger partial charge in [0.25, 0.3) is 0 Å². The number of nitrogens with zero attached hydrogens (tertiary/aromatic N) is 1. The lowest BCUT2D eigenvalue weighted by atomic mass is 10.4. The van der Waals surface area contributed by atoms with Crippen molar-refractivity contribution in [1.82, 2.24) is 4.31 Å². The van der Waals surface area contributed by atoms with Gasteiger partial charge in [0.1, 0.15) is 4.90 Å². The highest BCUT2D eigenvalue weighted by molar-refractivity contribution is 7.99. The van der Waals surface area contributed by atoms with E-state index in [1.165, 1.54) is 4.31 Å². The minimum atomic E-state index is -3.40. The first kappa shape index (κ1) is 12.2. The Bertz CT molecular complexity index is 469. The molecule has 0 aliphatic carbocycles. The minimum absolute atomic E-state index is 0.212. The standard InChI is InChI=1S/C10H12ClNO2S2/c11-9-3-1-2-4-10(9)16(13,14)12-5-7-15-8-6-12/h1-4H,5-8H2. The predicted octanol–water partition coefficient (Wildman–Crippen LogP) is 2.08. The first-order chi connectivity index (χ1) is 7.62. The van der Waals surface area contributed by atoms with Crippen LogP contribution in [0, 0.1) is 0 Å². The van der Waals surface area contributed by atoms with Crippen LogP contribution in [0.25, 0.3) is 0 Å². The van der Waals surface area contributed by atoms with Crippen LogP contribution < -0.4 is 0 Å². The molecule has 0 atom stereocenters. The zero-order chi connectivity index (χ0) is 11.6. The van der Waals surface area contributed by atoms with Gasteiger partial charge in [0.15, 0.2) is 0 Å². The topological polar surface area (TPSA) is 37.4 Å². The third-order valence-electron chi connectivity index (χ3n) is 2.42. The Kier molecular flexibility index (Phi) is 3.79. The Morgan fingerprint density at radius 3 is 2.44 bits per heavy atom. The molecule has 1 aromatic rings. The van der Waals surface area contributed by atoms with Crippen LogP contribution in [0.15, 0.2) is 29.2 Å². The second kappa shape index (κ2) is 4.96. The average Bonchev–Trinajstić information content (AvgIpc) is 2.30. The molecular weight excluding hydrogens is 266 g/mol. The zero-order valence-corrected chi connectivity index (χ0v) is 11.0. The van der Waals surface area contributed by atoms with Gasteiger partial charge in [-0.05, 0) is 12.1 Å². The molecule has 1 aliphatic rings. The molecule has 1 fully saturated rings. The smallest absolute Gasteiger partial charge is 0.207 e. The fraction of sp³-hybridized carbons (Fsp3) is 0.400. The van der Waals surface area contributed by atoms with E-state index in [1.54, 1.807) is 36.0 Å². The summed E-state index contributed by atoms with van der Waals surface area (Å²) < 4.78 is 26.0. The van der Waals surface area contributed by atoms with Crippen molar-refractivity contribution in [3.8, 4) is 0 Å². The highest BCUT2D eigenvalue weighted by atomic mass is 35.5. The molecular formula is C10H12ClNO2S2. The summed E-state index contributed by atoms with van der Waals surface area (Å²) in [5.74, 6) is 1.70. The van der Waals surface area contributed by atoms with Crippen LogP contribution in [0.3, 0.4) is 0 Å². The van der Waals surface area contributed by atoms with Crippen molar-refractivity contribution >= 4 is 33.4 Å². The van der Waals surface area contributed by atoms with Crippen molar-refractivity contribution in [3.63, 3.8) is 0 Å². The highest BCUT2D eigenvalue weighted by Crippen LogP contribution is 2.25. The molecule has 0 unspecified atom stereocenters. The molecule has 0 aromatic heterocycles. The van der Waals surface area contributed by atoms with Crippen molar-refractivity contribution in [3.05, 3.63) is 29.3 Å². The van der Waals surface area contributed by atoms with Gasteiger partial charge in [0.05, 0.1) is 5.02 Å². The number of rotatable bonds is 2. The summed E-state index contributed by atoms with van der Waals surface area (Å²) in [5, 5.41) is 0.292. The van der Waals surface area contributed by atoms with E-state index < -0.39 is 10.0 Å². The minimum Gasteiger partial charge on any atom is -0.207 e. The molecule has 6 heteroatoms. The van der Waals surface area contributed by atoms with Crippen molar-refractivity contribution in [2.75, 3.05) is 24.6 Å². The lowest BCUT2D eigenvalue weighted by molar-refractivity contribution is 0.443. The van der Waals surface area contributed by atoms with Crippen LogP contribution >= 0.6 is 23.4 Å². The molecule has 0 saturated carbocycles. The number of benzene rings is 1. The number of thioether (sulfide) groups is 1. The van der Waals surface area contributed by atoms with Gasteiger partial charge in [0, 0.05) is 24.6 Å². The molecule has 0 bridgehead atoms. The van der Waals surface area contributed by atoms with E-state index in [4.69, 9.17) is 11.6 Å². The first-order valence-corrected chi connectivity index (χ1v) is 7.92. The summed E-state index contributed by atoms with van der Waals surface area (Å²) in [5.41, 5.74) is 0. The Labute approximate surface area is 105 Å². The molecule has 2 rings (SSSR count). The SMILES string of the molecule is O=S(=O)(c1ccccc1Cl)N1CCSCC1. The summed E-state index contributed by atoms with van der Waals surface area (Å²) in [6, 6.07) is 6.58. The van der Waals surface area contributed by atoms with E-state index >= 15 is 0 Å². The Morgan fingerprint density at radius 2 is 1.81 bits per heavy atom. The number of halogens is 1. The van der Waals surface area contributed by atoms with Gasteiger partial charge in [-0.15, -0.1) is 0 Å². The van der Waals surface area contributed by atoms with E-state index in [0.29, 0.717) is 18.1 Å². The molecule has 1 heterocycles. The van der Waals surface area contributed by atoms with Crippen molar-refractivity contribution in [2.24, 2.45) is 0 Å². The van der Waals surface area contributed by atoms with E-state index in [9.17, 15) is 8.42 Å². The van der Waals surface area contributed by atoms with E-state index in [2.05, 4.69) is 0 Å². The van der Waals surface area contributed by atoms with Crippen molar-refractivity contribution in [2.45, 2.75) is 4.90 Å². The summed E-state index contributed by atoms with van der Waals surface area (Å²) >= 11 is 7.69. The molecule has 0 spiro atoms. The van der Waals surface area contributed by atoms with Crippen LogP contribution in [0.1, 0.15) is 0 Å². The van der Waals surface area contributed by atoms with Gasteiger partial charge in [-0.2, -0.15) is 16.1 Å². The normalized spacial score (nSPS) is 18.6. The summed E-state index contributed by atoms with van der Waals surface area (Å²) in [4.78, 5) is 0.212. The predicted molar refractivity (Wildman–Crippen MR) is 67.5 cm³/mol. The number of hydrogen-bond donors (Lipinski definition) is 0. The summed E-state index contributed by atoms with van der Waals surface area (Å²) in [6.45, 7) is 1.14. The molecule has 1 aromatic carbocycles. The van der Waals surface area contributed by atoms with Gasteiger partial charge in [0.2, 0.25) is 10.0 Å². The Balaban J connectivity index is 2.35. The molecule has 16 heavy (non-hydrogen) atoms. The van der Waals surface area contributed by atoms with Gasteiger partial charge in [-0.25, -0.2) is 8.42 Å². The Hall–Kier alpha value is -0.230. The third kappa shape index (κ3) is 2.37. The molecule has 3 nitrogen and oxygen atoms in total. The lowest BCUT2D eigenvalue weighted by Gasteiger charge is -2.25. The summed E-state index contributed by atoms with van der Waals surface area (Å²) in [7, 11) is -3.40. The van der Waals surface area contributed by atoms with Crippen LogP contribution in [-0.2, 0) is 10.0 Å². The van der Waals surface area contributed by atoms with Crippen LogP contribution in [0.2, 0.25) is 5.02 Å². The van der Waals surface area contributed by atoms with Crippen LogP contribution in [0.5, 0.6) is 0 Å². The molecule has 0 N–H and O–H groups in total. The lowest BCUT2D eigenvalue weighted by Crippen LogP contribution is -2.37. The molecule has 0 amide bonds. The maximum absolute atomic E-state index is 12.2. The second-order valence-corrected chi connectivity index (χ2v) is 6.99. The first-order valence-electron chi connectivity index (χ1n) is 4.95. The number of hydrogen-bond acceptors (Lipinski definition) is 3. The fourth-order valence-corrected chi connectivity index (χ4v) is 4.65. The highest BCUT2D eigenvalue weighted by Gasteiger charge is 2.27. The van der Waals surface area contributed by atoms with Gasteiger partial charge in [-0.1, -0.05) is 23.7 Å². The molecule has 0 radical (unpaired) electrons. The molecule has 1 aliphatic heterocycles. The third-order valence-corrected chi connectivity index (χ3v) is 5.77. The molecule has 1 saturated heterocycles. The molecule has 88 valence electrons. The van der Waals surface area contributed by atoms with Crippen molar-refractivity contribution < 1.29 is 8.42 Å². The quantitative estimate of drug-likeness (QED) is 0.831. The van der Waals surface area contributed by atoms with Crippen LogP contribution in [-0.4, -0.2) is 37.3 Å². The van der Waals surface area contributed by atoms with E-state index in [-0.39, 0.29) is 4.90 Å². The maximum atomic E-state index is 12.2. The van der Waals surface area contributed by atoms with Gasteiger partial charge >= 0.3 is 0 Å².